The van der Waals surface area contributed by atoms with E-state index in [1.165, 1.54) is 7.11 Å². The summed E-state index contributed by atoms with van der Waals surface area (Å²) >= 11 is 0. The number of rotatable bonds is 2. The molecule has 1 rings (SSSR count). The summed E-state index contributed by atoms with van der Waals surface area (Å²) in [5.74, 6) is -0.265. The van der Waals surface area contributed by atoms with Crippen LogP contribution in [-0.4, -0.2) is 25.0 Å². The van der Waals surface area contributed by atoms with Gasteiger partial charge in [-0.15, -0.1) is 0 Å². The monoisotopic (exact) mass is 143 g/mol. The predicted octanol–water partition coefficient (Wildman–Crippen LogP) is -0.562. The van der Waals surface area contributed by atoms with Crippen LogP contribution in [0.1, 0.15) is 12.8 Å². The fourth-order valence-electron chi connectivity index (χ4n) is 0.838. The number of hydrogen-bond donors (Lipinski definition) is 1. The summed E-state index contributed by atoms with van der Waals surface area (Å²) in [6.07, 6.45) is 0.747. The third kappa shape index (κ3) is 1.46. The highest BCUT2D eigenvalue weighted by atomic mass is 16.5. The molecule has 0 aromatic rings. The Bertz CT molecular complexity index is 158. The molecule has 4 nitrogen and oxygen atoms in total. The largest absolute Gasteiger partial charge is 0.469 e. The lowest BCUT2D eigenvalue weighted by Gasteiger charge is -2.25. The Labute approximate surface area is 58.5 Å². The molecule has 1 N–H and O–H groups in total. The Kier molecular flexibility index (Phi) is 1.89. The predicted molar refractivity (Wildman–Crippen MR) is 33.2 cm³/mol. The molecule has 56 valence electrons. The van der Waals surface area contributed by atoms with Crippen molar-refractivity contribution >= 4 is 11.9 Å². The summed E-state index contributed by atoms with van der Waals surface area (Å²) in [7, 11) is 1.34. The third-order valence-electron chi connectivity index (χ3n) is 1.44. The van der Waals surface area contributed by atoms with Crippen LogP contribution in [0.5, 0.6) is 0 Å². The minimum atomic E-state index is -0.273. The minimum Gasteiger partial charge on any atom is -0.469 e. The normalized spacial score (nSPS) is 22.9. The molecule has 0 saturated carbocycles. The summed E-state index contributed by atoms with van der Waals surface area (Å²) in [5.41, 5.74) is 0. The van der Waals surface area contributed by atoms with Crippen molar-refractivity contribution in [2.45, 2.75) is 18.9 Å². The first-order chi connectivity index (χ1) is 4.72. The second-order valence-corrected chi connectivity index (χ2v) is 2.25. The SMILES string of the molecule is COC(=O)C[C@@H]1CC(=O)N1. The number of nitrogens with one attached hydrogen (secondary N) is 1. The van der Waals surface area contributed by atoms with Gasteiger partial charge in [0.1, 0.15) is 0 Å². The smallest absolute Gasteiger partial charge is 0.307 e. The maximum Gasteiger partial charge on any atom is 0.307 e. The molecule has 1 heterocycles. The zero-order valence-electron chi connectivity index (χ0n) is 5.72. The van der Waals surface area contributed by atoms with Gasteiger partial charge < -0.3 is 10.1 Å². The van der Waals surface area contributed by atoms with E-state index in [2.05, 4.69) is 10.1 Å². The molecule has 1 fully saturated rings. The van der Waals surface area contributed by atoms with Gasteiger partial charge in [0, 0.05) is 12.5 Å². The molecule has 0 radical (unpaired) electrons. The number of carbonyl (C=O) groups excluding carboxylic acids is 2. The van der Waals surface area contributed by atoms with E-state index < -0.39 is 0 Å². The fraction of sp³-hybridized carbons (Fsp3) is 0.667. The third-order valence-corrected chi connectivity index (χ3v) is 1.44. The average Bonchev–Trinajstić information content (AvgIpc) is 1.84. The molecular weight excluding hydrogens is 134 g/mol. The van der Waals surface area contributed by atoms with Crippen LogP contribution in [-0.2, 0) is 14.3 Å². The average molecular weight is 143 g/mol. The van der Waals surface area contributed by atoms with Crippen molar-refractivity contribution in [3.8, 4) is 0 Å². The van der Waals surface area contributed by atoms with Gasteiger partial charge >= 0.3 is 5.97 Å². The van der Waals surface area contributed by atoms with Crippen LogP contribution in [0, 0.1) is 0 Å². The first-order valence-electron chi connectivity index (χ1n) is 3.08. The topological polar surface area (TPSA) is 55.4 Å². The molecule has 1 saturated heterocycles. The van der Waals surface area contributed by atoms with E-state index >= 15 is 0 Å². The first-order valence-corrected chi connectivity index (χ1v) is 3.08. The number of methoxy groups -OCH3 is 1. The summed E-state index contributed by atoms with van der Waals surface area (Å²) in [6.45, 7) is 0. The molecule has 1 amide bonds. The molecule has 0 aliphatic carbocycles. The maximum atomic E-state index is 10.5. The molecule has 1 atom stereocenters. The van der Waals surface area contributed by atoms with Crippen LogP contribution in [0.25, 0.3) is 0 Å². The number of carbonyl (C=O) groups is 2. The van der Waals surface area contributed by atoms with E-state index in [1.807, 2.05) is 0 Å². The van der Waals surface area contributed by atoms with Crippen molar-refractivity contribution in [3.63, 3.8) is 0 Å². The van der Waals surface area contributed by atoms with Gasteiger partial charge in [-0.2, -0.15) is 0 Å². The van der Waals surface area contributed by atoms with Gasteiger partial charge in [-0.3, -0.25) is 9.59 Å². The quantitative estimate of drug-likeness (QED) is 0.416. The van der Waals surface area contributed by atoms with Crippen LogP contribution >= 0.6 is 0 Å². The minimum absolute atomic E-state index is 0.00824. The van der Waals surface area contributed by atoms with E-state index in [0.29, 0.717) is 12.8 Å². The second-order valence-electron chi connectivity index (χ2n) is 2.25. The second kappa shape index (κ2) is 2.68. The van der Waals surface area contributed by atoms with Gasteiger partial charge in [-0.1, -0.05) is 0 Å². The molecule has 0 bridgehead atoms. The van der Waals surface area contributed by atoms with E-state index in [4.69, 9.17) is 0 Å². The van der Waals surface area contributed by atoms with Crippen molar-refractivity contribution in [2.24, 2.45) is 0 Å². The van der Waals surface area contributed by atoms with Crippen LogP contribution < -0.4 is 5.32 Å². The number of hydrogen-bond acceptors (Lipinski definition) is 3. The molecule has 0 aromatic heterocycles. The number of β-lactam (4-membered cyclic amide) rings is 1. The van der Waals surface area contributed by atoms with E-state index in [-0.39, 0.29) is 17.9 Å². The van der Waals surface area contributed by atoms with Crippen LogP contribution in [0.4, 0.5) is 0 Å². The molecule has 1 aliphatic rings. The maximum absolute atomic E-state index is 10.5. The van der Waals surface area contributed by atoms with E-state index in [0.717, 1.165) is 0 Å². The highest BCUT2D eigenvalue weighted by Crippen LogP contribution is 2.08. The Morgan fingerprint density at radius 2 is 2.50 bits per heavy atom. The fourth-order valence-corrected chi connectivity index (χ4v) is 0.838. The van der Waals surface area contributed by atoms with Gasteiger partial charge in [0.2, 0.25) is 5.91 Å². The zero-order valence-corrected chi connectivity index (χ0v) is 5.72. The van der Waals surface area contributed by atoms with Gasteiger partial charge in [0.05, 0.1) is 13.5 Å². The lowest BCUT2D eigenvalue weighted by molar-refractivity contribution is -0.142. The van der Waals surface area contributed by atoms with Crippen molar-refractivity contribution in [3.05, 3.63) is 0 Å². The lowest BCUT2D eigenvalue weighted by atomic mass is 10.0. The lowest BCUT2D eigenvalue weighted by Crippen LogP contribution is -2.49. The highest BCUT2D eigenvalue weighted by molar-refractivity contribution is 5.85. The summed E-state index contributed by atoms with van der Waals surface area (Å²) in [5, 5.41) is 2.57. The number of esters is 1. The summed E-state index contributed by atoms with van der Waals surface area (Å²) in [6, 6.07) is 0.0138. The highest BCUT2D eigenvalue weighted by Gasteiger charge is 2.27. The van der Waals surface area contributed by atoms with Gasteiger partial charge in [0.25, 0.3) is 0 Å². The van der Waals surface area contributed by atoms with Crippen molar-refractivity contribution in [1.29, 1.82) is 0 Å². The van der Waals surface area contributed by atoms with Crippen molar-refractivity contribution in [1.82, 2.24) is 5.32 Å². The Morgan fingerprint density at radius 1 is 1.90 bits per heavy atom. The first kappa shape index (κ1) is 7.05. The van der Waals surface area contributed by atoms with Gasteiger partial charge in [-0.05, 0) is 0 Å². The van der Waals surface area contributed by atoms with Crippen LogP contribution in [0.2, 0.25) is 0 Å². The molecule has 0 unspecified atom stereocenters. The molecular formula is C6H9NO3. The molecule has 1 aliphatic heterocycles. The van der Waals surface area contributed by atoms with Gasteiger partial charge in [-0.25, -0.2) is 0 Å². The Hall–Kier alpha value is -1.06. The standard InChI is InChI=1S/C6H9NO3/c1-10-6(9)3-4-2-5(8)7-4/h4H,2-3H2,1H3,(H,7,8)/t4-/m0/s1. The molecule has 0 aromatic carbocycles. The molecule has 0 spiro atoms. The van der Waals surface area contributed by atoms with Crippen molar-refractivity contribution < 1.29 is 14.3 Å². The van der Waals surface area contributed by atoms with Crippen LogP contribution in [0.15, 0.2) is 0 Å². The molecule has 4 heteroatoms. The molecule has 10 heavy (non-hydrogen) atoms. The number of ether oxygens (including phenoxy) is 1. The summed E-state index contributed by atoms with van der Waals surface area (Å²) < 4.78 is 4.40. The zero-order chi connectivity index (χ0) is 7.56. The van der Waals surface area contributed by atoms with Crippen molar-refractivity contribution in [2.75, 3.05) is 7.11 Å². The summed E-state index contributed by atoms with van der Waals surface area (Å²) in [4.78, 5) is 20.9. The number of amides is 1. The van der Waals surface area contributed by atoms with Gasteiger partial charge in [0.15, 0.2) is 0 Å². The van der Waals surface area contributed by atoms with E-state index in [1.54, 1.807) is 0 Å². The van der Waals surface area contributed by atoms with Crippen LogP contribution in [0.3, 0.4) is 0 Å². The van der Waals surface area contributed by atoms with E-state index in [9.17, 15) is 9.59 Å². The Morgan fingerprint density at radius 3 is 2.90 bits per heavy atom. The Balaban J connectivity index is 2.16.